The van der Waals surface area contributed by atoms with Crippen LogP contribution in [0.4, 0.5) is 4.39 Å². The van der Waals surface area contributed by atoms with Crippen molar-refractivity contribution in [3.63, 3.8) is 0 Å². The van der Waals surface area contributed by atoms with E-state index in [4.69, 9.17) is 11.6 Å². The van der Waals surface area contributed by atoms with Crippen molar-refractivity contribution in [2.75, 3.05) is 0 Å². The van der Waals surface area contributed by atoms with E-state index in [-0.39, 0.29) is 18.2 Å². The highest BCUT2D eigenvalue weighted by atomic mass is 35.5. The first-order chi connectivity index (χ1) is 9.66. The summed E-state index contributed by atoms with van der Waals surface area (Å²) >= 11 is 6.48. The molecule has 0 spiro atoms. The van der Waals surface area contributed by atoms with Gasteiger partial charge in [0.25, 0.3) is 0 Å². The van der Waals surface area contributed by atoms with Crippen LogP contribution in [-0.4, -0.2) is 4.98 Å². The van der Waals surface area contributed by atoms with Crippen LogP contribution in [0.3, 0.4) is 0 Å². The van der Waals surface area contributed by atoms with Crippen molar-refractivity contribution in [3.8, 4) is 0 Å². The molecule has 0 amide bonds. The van der Waals surface area contributed by atoms with Crippen LogP contribution in [0, 0.1) is 5.82 Å². The minimum absolute atomic E-state index is 0. The molecular formula is C16H12Cl2FN2+. The molecule has 0 unspecified atom stereocenters. The Labute approximate surface area is 131 Å². The lowest BCUT2D eigenvalue weighted by atomic mass is 10.1. The normalized spacial score (nSPS) is 11.2. The quantitative estimate of drug-likeness (QED) is 0.460. The fourth-order valence-electron chi connectivity index (χ4n) is 2.87. The second-order valence-corrected chi connectivity index (χ2v) is 5.31. The molecule has 0 bridgehead atoms. The number of pyridine rings is 1. The van der Waals surface area contributed by atoms with Gasteiger partial charge >= 0.3 is 0 Å². The summed E-state index contributed by atoms with van der Waals surface area (Å²) in [5.41, 5.74) is 3.81. The topological polar surface area (TPSA) is 19.7 Å². The maximum atomic E-state index is 13.5. The summed E-state index contributed by atoms with van der Waals surface area (Å²) in [7, 11) is 1.97. The van der Waals surface area contributed by atoms with Gasteiger partial charge in [-0.25, -0.2) is 4.39 Å². The van der Waals surface area contributed by atoms with Gasteiger partial charge in [-0.2, -0.15) is 4.57 Å². The Morgan fingerprint density at radius 3 is 2.67 bits per heavy atom. The maximum absolute atomic E-state index is 13.5. The lowest BCUT2D eigenvalue weighted by Gasteiger charge is -2.02. The second-order valence-electron chi connectivity index (χ2n) is 4.93. The average Bonchev–Trinajstić information content (AvgIpc) is 2.84. The summed E-state index contributed by atoms with van der Waals surface area (Å²) in [5.74, 6) is -0.283. The van der Waals surface area contributed by atoms with Crippen molar-refractivity contribution in [1.29, 1.82) is 0 Å². The van der Waals surface area contributed by atoms with Crippen LogP contribution >= 0.6 is 24.0 Å². The highest BCUT2D eigenvalue weighted by Crippen LogP contribution is 2.32. The number of hydrogen-bond acceptors (Lipinski definition) is 0. The Bertz CT molecular complexity index is 992. The molecule has 2 aromatic carbocycles. The van der Waals surface area contributed by atoms with Gasteiger partial charge in [0.1, 0.15) is 18.4 Å². The zero-order chi connectivity index (χ0) is 13.9. The molecule has 2 nitrogen and oxygen atoms in total. The number of hydrogen-bond donors (Lipinski definition) is 1. The minimum Gasteiger partial charge on any atom is -0.348 e. The average molecular weight is 322 g/mol. The summed E-state index contributed by atoms with van der Waals surface area (Å²) in [6.07, 6.45) is 0. The maximum Gasteiger partial charge on any atom is 0.240 e. The van der Waals surface area contributed by atoms with Gasteiger partial charge in [-0.1, -0.05) is 23.7 Å². The van der Waals surface area contributed by atoms with Crippen LogP contribution in [-0.2, 0) is 7.05 Å². The number of aromatic amines is 1. The van der Waals surface area contributed by atoms with E-state index < -0.39 is 0 Å². The van der Waals surface area contributed by atoms with Crippen LogP contribution in [0.5, 0.6) is 0 Å². The van der Waals surface area contributed by atoms with Crippen LogP contribution in [0.1, 0.15) is 0 Å². The SMILES string of the molecule is C[n+]1c2ccc(F)cc2c(Cl)c2[nH]c3ccccc3c21.Cl. The first-order valence-electron chi connectivity index (χ1n) is 6.34. The molecule has 0 aliphatic rings. The molecule has 2 heterocycles. The molecule has 4 aromatic rings. The van der Waals surface area contributed by atoms with E-state index in [1.165, 1.54) is 12.1 Å². The van der Waals surface area contributed by atoms with E-state index in [2.05, 4.69) is 15.6 Å². The number of fused-ring (bicyclic) bond motifs is 4. The van der Waals surface area contributed by atoms with E-state index in [0.29, 0.717) is 10.4 Å². The van der Waals surface area contributed by atoms with E-state index in [0.717, 1.165) is 27.5 Å². The van der Waals surface area contributed by atoms with E-state index in [1.807, 2.05) is 25.2 Å². The van der Waals surface area contributed by atoms with Gasteiger partial charge in [0.15, 0.2) is 0 Å². The Balaban J connectivity index is 0.00000132. The predicted octanol–water partition coefficient (Wildman–Crippen LogP) is 4.51. The molecule has 0 aliphatic carbocycles. The van der Waals surface area contributed by atoms with Gasteiger partial charge in [-0.05, 0) is 24.3 Å². The number of aryl methyl sites for hydroxylation is 1. The molecule has 0 saturated carbocycles. The molecule has 0 aliphatic heterocycles. The third-order valence-electron chi connectivity index (χ3n) is 3.79. The van der Waals surface area contributed by atoms with E-state index >= 15 is 0 Å². The number of benzene rings is 2. The summed E-state index contributed by atoms with van der Waals surface area (Å²) in [6.45, 7) is 0. The summed E-state index contributed by atoms with van der Waals surface area (Å²) in [6, 6.07) is 12.7. The highest BCUT2D eigenvalue weighted by Gasteiger charge is 2.21. The second kappa shape index (κ2) is 4.86. The number of rotatable bonds is 0. The molecule has 2 aromatic heterocycles. The minimum atomic E-state index is -0.283. The number of halogens is 3. The molecule has 5 heteroatoms. The number of nitrogens with one attached hydrogen (secondary N) is 1. The lowest BCUT2D eigenvalue weighted by Crippen LogP contribution is -2.30. The van der Waals surface area contributed by atoms with E-state index in [9.17, 15) is 4.39 Å². The number of para-hydroxylation sites is 1. The van der Waals surface area contributed by atoms with Crippen LogP contribution in [0.2, 0.25) is 5.02 Å². The van der Waals surface area contributed by atoms with E-state index in [1.54, 1.807) is 6.07 Å². The zero-order valence-corrected chi connectivity index (χ0v) is 12.7. The van der Waals surface area contributed by atoms with Crippen LogP contribution in [0.25, 0.3) is 32.8 Å². The Morgan fingerprint density at radius 2 is 1.86 bits per heavy atom. The molecule has 106 valence electrons. The van der Waals surface area contributed by atoms with Crippen molar-refractivity contribution < 1.29 is 8.96 Å². The molecule has 0 saturated heterocycles. The van der Waals surface area contributed by atoms with Crippen molar-refractivity contribution >= 4 is 56.8 Å². The van der Waals surface area contributed by atoms with Crippen LogP contribution in [0.15, 0.2) is 42.5 Å². The van der Waals surface area contributed by atoms with Gasteiger partial charge in [-0.15, -0.1) is 12.4 Å². The molecule has 4 rings (SSSR count). The number of aromatic nitrogens is 2. The first kappa shape index (κ1) is 14.1. The molecule has 0 radical (unpaired) electrons. The monoisotopic (exact) mass is 321 g/mol. The van der Waals surface area contributed by atoms with Crippen molar-refractivity contribution in [2.45, 2.75) is 0 Å². The molecule has 21 heavy (non-hydrogen) atoms. The van der Waals surface area contributed by atoms with Gasteiger partial charge in [0.05, 0.1) is 21.3 Å². The van der Waals surface area contributed by atoms with Gasteiger partial charge in [0.2, 0.25) is 11.0 Å². The highest BCUT2D eigenvalue weighted by molar-refractivity contribution is 6.40. The predicted molar refractivity (Wildman–Crippen MR) is 86.7 cm³/mol. The largest absolute Gasteiger partial charge is 0.348 e. The lowest BCUT2D eigenvalue weighted by molar-refractivity contribution is -0.616. The number of nitrogens with zero attached hydrogens (tertiary/aromatic N) is 1. The molecule has 1 N–H and O–H groups in total. The van der Waals surface area contributed by atoms with Crippen molar-refractivity contribution in [1.82, 2.24) is 4.98 Å². The Hall–Kier alpha value is -1.84. The van der Waals surface area contributed by atoms with Crippen molar-refractivity contribution in [2.24, 2.45) is 7.05 Å². The smallest absolute Gasteiger partial charge is 0.240 e. The fourth-order valence-corrected chi connectivity index (χ4v) is 3.15. The summed E-state index contributed by atoms with van der Waals surface area (Å²) < 4.78 is 15.5. The van der Waals surface area contributed by atoms with Gasteiger partial charge in [-0.3, -0.25) is 0 Å². The first-order valence-corrected chi connectivity index (χ1v) is 6.72. The number of H-pyrrole nitrogens is 1. The zero-order valence-electron chi connectivity index (χ0n) is 11.2. The summed E-state index contributed by atoms with van der Waals surface area (Å²) in [4.78, 5) is 3.32. The third kappa shape index (κ3) is 1.88. The standard InChI is InChI=1S/C16H10ClFN2.ClH/c1-20-13-7-6-9(18)8-11(13)14(17)15-16(20)10-4-2-3-5-12(10)19-15;/h2-8H,1H3;1H/p+1. The summed E-state index contributed by atoms with van der Waals surface area (Å²) in [5, 5.41) is 2.38. The fraction of sp³-hybridized carbons (Fsp3) is 0.0625. The van der Waals surface area contributed by atoms with Gasteiger partial charge < -0.3 is 4.98 Å². The Morgan fingerprint density at radius 1 is 1.10 bits per heavy atom. The van der Waals surface area contributed by atoms with Crippen LogP contribution < -0.4 is 4.57 Å². The molecule has 0 atom stereocenters. The molecule has 0 fully saturated rings. The Kier molecular flexibility index (Phi) is 3.27. The third-order valence-corrected chi connectivity index (χ3v) is 4.18. The van der Waals surface area contributed by atoms with Gasteiger partial charge in [0, 0.05) is 6.07 Å². The van der Waals surface area contributed by atoms with Crippen molar-refractivity contribution in [3.05, 3.63) is 53.3 Å². The molecular weight excluding hydrogens is 310 g/mol.